The highest BCUT2D eigenvalue weighted by Crippen LogP contribution is 2.44. The van der Waals surface area contributed by atoms with Crippen molar-refractivity contribution >= 4 is 23.4 Å². The molecule has 2 aliphatic rings. The SMILES string of the molecule is CCOc1ccc(NC(=O)[C@H]2Sc3nnc(-c4ccccc4)n3NC23CCCCC3)cc1. The Morgan fingerprint density at radius 3 is 2.59 bits per heavy atom. The molecule has 1 aliphatic heterocycles. The Bertz CT molecular complexity index is 1080. The predicted molar refractivity (Wildman–Crippen MR) is 127 cm³/mol. The molecule has 7 nitrogen and oxygen atoms in total. The molecule has 5 rings (SSSR count). The van der Waals surface area contributed by atoms with Crippen LogP contribution in [0.4, 0.5) is 5.69 Å². The van der Waals surface area contributed by atoms with Gasteiger partial charge in [-0.1, -0.05) is 61.4 Å². The lowest BCUT2D eigenvalue weighted by atomic mass is 9.79. The molecule has 1 spiro atoms. The lowest BCUT2D eigenvalue weighted by molar-refractivity contribution is -0.117. The van der Waals surface area contributed by atoms with Crippen molar-refractivity contribution in [3.05, 3.63) is 54.6 Å². The van der Waals surface area contributed by atoms with Crippen molar-refractivity contribution in [3.8, 4) is 17.1 Å². The van der Waals surface area contributed by atoms with Gasteiger partial charge in [-0.15, -0.1) is 10.2 Å². The van der Waals surface area contributed by atoms with Crippen LogP contribution >= 0.6 is 11.8 Å². The van der Waals surface area contributed by atoms with E-state index in [0.29, 0.717) is 11.8 Å². The number of ether oxygens (including phenoxy) is 1. The number of thioether (sulfide) groups is 1. The molecule has 3 aromatic rings. The number of nitrogens with one attached hydrogen (secondary N) is 2. The molecule has 1 amide bonds. The summed E-state index contributed by atoms with van der Waals surface area (Å²) in [5.74, 6) is 1.57. The van der Waals surface area contributed by atoms with E-state index < -0.39 is 0 Å². The van der Waals surface area contributed by atoms with Crippen LogP contribution in [0.25, 0.3) is 11.4 Å². The minimum absolute atomic E-state index is 0.0101. The number of rotatable bonds is 5. The molecule has 1 atom stereocenters. The van der Waals surface area contributed by atoms with Crippen LogP contribution in [-0.4, -0.2) is 38.2 Å². The lowest BCUT2D eigenvalue weighted by Crippen LogP contribution is -2.59. The smallest absolute Gasteiger partial charge is 0.240 e. The molecule has 2 N–H and O–H groups in total. The van der Waals surface area contributed by atoms with E-state index in [1.54, 1.807) is 0 Å². The van der Waals surface area contributed by atoms with Crippen LogP contribution in [0.3, 0.4) is 0 Å². The van der Waals surface area contributed by atoms with Crippen LogP contribution < -0.4 is 15.5 Å². The van der Waals surface area contributed by atoms with Crippen LogP contribution in [-0.2, 0) is 4.79 Å². The second kappa shape index (κ2) is 8.86. The van der Waals surface area contributed by atoms with Gasteiger partial charge in [0.1, 0.15) is 11.0 Å². The number of benzene rings is 2. The van der Waals surface area contributed by atoms with E-state index >= 15 is 0 Å². The molecule has 1 fully saturated rings. The Balaban J connectivity index is 1.43. The first-order valence-corrected chi connectivity index (χ1v) is 12.1. The largest absolute Gasteiger partial charge is 0.494 e. The highest BCUT2D eigenvalue weighted by molar-refractivity contribution is 8.00. The van der Waals surface area contributed by atoms with Crippen molar-refractivity contribution in [1.29, 1.82) is 0 Å². The van der Waals surface area contributed by atoms with Crippen molar-refractivity contribution in [2.24, 2.45) is 0 Å². The molecule has 8 heteroatoms. The first-order chi connectivity index (χ1) is 15.7. The van der Waals surface area contributed by atoms with Crippen molar-refractivity contribution in [3.63, 3.8) is 0 Å². The van der Waals surface area contributed by atoms with E-state index in [1.807, 2.05) is 66.2 Å². The van der Waals surface area contributed by atoms with Gasteiger partial charge in [-0.2, -0.15) is 0 Å². The van der Waals surface area contributed by atoms with Gasteiger partial charge < -0.3 is 15.5 Å². The van der Waals surface area contributed by atoms with Crippen molar-refractivity contribution in [2.45, 2.75) is 55.0 Å². The van der Waals surface area contributed by atoms with E-state index in [9.17, 15) is 4.79 Å². The standard InChI is InChI=1S/C24H27N5O2S/c1-2-31-19-13-11-18(12-14-19)25-22(30)20-24(15-7-4-8-16-24)28-29-21(26-27-23(29)32-20)17-9-5-3-6-10-17/h3,5-6,9-14,20,28H,2,4,7-8,15-16H2,1H3,(H,25,30)/t20-/m1/s1. The molecule has 1 aliphatic carbocycles. The average molecular weight is 450 g/mol. The Hall–Kier alpha value is -3.00. The molecular formula is C24H27N5O2S. The summed E-state index contributed by atoms with van der Waals surface area (Å²) >= 11 is 1.51. The van der Waals surface area contributed by atoms with Crippen molar-refractivity contribution in [1.82, 2.24) is 14.9 Å². The molecule has 0 saturated heterocycles. The van der Waals surface area contributed by atoms with Crippen LogP contribution in [0, 0.1) is 0 Å². The molecule has 32 heavy (non-hydrogen) atoms. The minimum atomic E-state index is -0.336. The Morgan fingerprint density at radius 2 is 1.88 bits per heavy atom. The van der Waals surface area contributed by atoms with Crippen molar-refractivity contribution < 1.29 is 9.53 Å². The minimum Gasteiger partial charge on any atom is -0.494 e. The number of carbonyl (C=O) groups excluding carboxylic acids is 1. The van der Waals surface area contributed by atoms with Gasteiger partial charge in [-0.3, -0.25) is 4.79 Å². The van der Waals surface area contributed by atoms with Gasteiger partial charge in [0.25, 0.3) is 0 Å². The van der Waals surface area contributed by atoms with Gasteiger partial charge in [-0.25, -0.2) is 4.68 Å². The van der Waals surface area contributed by atoms with Gasteiger partial charge in [0, 0.05) is 11.3 Å². The highest BCUT2D eigenvalue weighted by atomic mass is 32.2. The predicted octanol–water partition coefficient (Wildman–Crippen LogP) is 4.70. The topological polar surface area (TPSA) is 81.1 Å². The Labute approximate surface area is 191 Å². The summed E-state index contributed by atoms with van der Waals surface area (Å²) in [7, 11) is 0. The molecule has 1 aromatic heterocycles. The quantitative estimate of drug-likeness (QED) is 0.588. The van der Waals surface area contributed by atoms with E-state index in [0.717, 1.165) is 48.5 Å². The van der Waals surface area contributed by atoms with E-state index in [2.05, 4.69) is 20.9 Å². The van der Waals surface area contributed by atoms with Gasteiger partial charge in [0.15, 0.2) is 5.82 Å². The maximum absolute atomic E-state index is 13.5. The zero-order chi connectivity index (χ0) is 22.0. The summed E-state index contributed by atoms with van der Waals surface area (Å²) in [6.45, 7) is 2.57. The number of hydrogen-bond acceptors (Lipinski definition) is 6. The summed E-state index contributed by atoms with van der Waals surface area (Å²) in [6.07, 6.45) is 5.26. The molecule has 2 heterocycles. The van der Waals surface area contributed by atoms with Gasteiger partial charge in [0.05, 0.1) is 12.1 Å². The number of nitrogens with zero attached hydrogens (tertiary/aromatic N) is 3. The van der Waals surface area contributed by atoms with Crippen LogP contribution in [0.15, 0.2) is 59.8 Å². The molecule has 166 valence electrons. The van der Waals surface area contributed by atoms with Crippen LogP contribution in [0.1, 0.15) is 39.0 Å². The monoisotopic (exact) mass is 449 g/mol. The number of anilines is 1. The normalized spacial score (nSPS) is 19.1. The summed E-state index contributed by atoms with van der Waals surface area (Å²) in [5, 5.41) is 12.4. The third kappa shape index (κ3) is 3.95. The Morgan fingerprint density at radius 1 is 1.12 bits per heavy atom. The summed E-state index contributed by atoms with van der Waals surface area (Å²) < 4.78 is 7.48. The van der Waals surface area contributed by atoms with Crippen molar-refractivity contribution in [2.75, 3.05) is 17.3 Å². The molecule has 2 aromatic carbocycles. The second-order valence-electron chi connectivity index (χ2n) is 8.28. The number of fused-ring (bicyclic) bond motifs is 1. The summed E-state index contributed by atoms with van der Waals surface area (Å²) in [5.41, 5.74) is 5.12. The molecule has 0 unspecified atom stereocenters. The first-order valence-electron chi connectivity index (χ1n) is 11.2. The lowest BCUT2D eigenvalue weighted by Gasteiger charge is -2.46. The summed E-state index contributed by atoms with van der Waals surface area (Å²) in [6, 6.07) is 17.6. The van der Waals surface area contributed by atoms with Crippen LogP contribution in [0.5, 0.6) is 5.75 Å². The van der Waals surface area contributed by atoms with Crippen LogP contribution in [0.2, 0.25) is 0 Å². The third-order valence-electron chi connectivity index (χ3n) is 6.14. The number of aromatic nitrogens is 3. The average Bonchev–Trinajstić information content (AvgIpc) is 3.23. The maximum Gasteiger partial charge on any atom is 0.240 e. The van der Waals surface area contributed by atoms with E-state index in [4.69, 9.17) is 4.74 Å². The highest BCUT2D eigenvalue weighted by Gasteiger charge is 2.49. The molecule has 1 saturated carbocycles. The number of amides is 1. The number of carbonyl (C=O) groups is 1. The second-order valence-corrected chi connectivity index (χ2v) is 9.35. The first kappa shape index (κ1) is 20.9. The number of hydrogen-bond donors (Lipinski definition) is 2. The maximum atomic E-state index is 13.5. The van der Waals surface area contributed by atoms with Gasteiger partial charge in [0.2, 0.25) is 11.1 Å². The Kier molecular flexibility index (Phi) is 5.78. The fourth-order valence-electron chi connectivity index (χ4n) is 4.59. The van der Waals surface area contributed by atoms with E-state index in [1.165, 1.54) is 18.2 Å². The van der Waals surface area contributed by atoms with E-state index in [-0.39, 0.29) is 16.7 Å². The molecule has 0 radical (unpaired) electrons. The fraction of sp³-hybridized carbons (Fsp3) is 0.375. The zero-order valence-electron chi connectivity index (χ0n) is 18.1. The summed E-state index contributed by atoms with van der Waals surface area (Å²) in [4.78, 5) is 13.5. The fourth-order valence-corrected chi connectivity index (χ4v) is 5.81. The third-order valence-corrected chi connectivity index (χ3v) is 7.52. The molecular weight excluding hydrogens is 422 g/mol. The molecule has 0 bridgehead atoms. The zero-order valence-corrected chi connectivity index (χ0v) is 18.9. The van der Waals surface area contributed by atoms with Gasteiger partial charge >= 0.3 is 0 Å². The van der Waals surface area contributed by atoms with Gasteiger partial charge in [-0.05, 0) is 44.0 Å².